The molecule has 0 heterocycles. The molecule has 0 saturated heterocycles. The average Bonchev–Trinajstić information content (AvgIpc) is 2.78. The molecule has 0 spiro atoms. The van der Waals surface area contributed by atoms with Crippen molar-refractivity contribution in [1.82, 2.24) is 4.31 Å². The van der Waals surface area contributed by atoms with E-state index in [9.17, 15) is 13.2 Å². The Morgan fingerprint density at radius 3 is 2.10 bits per heavy atom. The van der Waals surface area contributed by atoms with Crippen LogP contribution in [-0.4, -0.2) is 39.8 Å². The van der Waals surface area contributed by atoms with Crippen LogP contribution in [0.4, 0.5) is 17.1 Å². The SMILES string of the molecule is COc1ccc(C(=O)Nc2ccc(N=Nc3ccccc3)cc2)cc1S(=O)(=O)N(C)C. The van der Waals surface area contributed by atoms with Gasteiger partial charge in [0.05, 0.1) is 18.5 Å². The maximum atomic E-state index is 12.7. The van der Waals surface area contributed by atoms with E-state index in [4.69, 9.17) is 4.74 Å². The van der Waals surface area contributed by atoms with Crippen LogP contribution in [0.15, 0.2) is 87.9 Å². The molecule has 0 saturated carbocycles. The van der Waals surface area contributed by atoms with Gasteiger partial charge in [-0.05, 0) is 54.6 Å². The Labute approximate surface area is 181 Å². The lowest BCUT2D eigenvalue weighted by Gasteiger charge is -2.15. The number of carbonyl (C=O) groups excluding carboxylic acids is 1. The van der Waals surface area contributed by atoms with Gasteiger partial charge in [-0.15, -0.1) is 0 Å². The van der Waals surface area contributed by atoms with Crippen molar-refractivity contribution in [1.29, 1.82) is 0 Å². The number of sulfonamides is 1. The summed E-state index contributed by atoms with van der Waals surface area (Å²) in [5.74, 6) is -0.282. The topological polar surface area (TPSA) is 100 Å². The molecule has 0 unspecified atom stereocenters. The maximum Gasteiger partial charge on any atom is 0.255 e. The van der Waals surface area contributed by atoms with Crippen LogP contribution in [0.25, 0.3) is 0 Å². The molecule has 3 aromatic carbocycles. The van der Waals surface area contributed by atoms with Crippen LogP contribution >= 0.6 is 0 Å². The molecule has 3 rings (SSSR count). The fourth-order valence-electron chi connectivity index (χ4n) is 2.64. The van der Waals surface area contributed by atoms with E-state index in [1.807, 2.05) is 30.3 Å². The first kappa shape index (κ1) is 22.1. The van der Waals surface area contributed by atoms with Gasteiger partial charge in [0, 0.05) is 25.3 Å². The van der Waals surface area contributed by atoms with Crippen LogP contribution in [0.1, 0.15) is 10.4 Å². The number of nitrogens with zero attached hydrogens (tertiary/aromatic N) is 3. The molecule has 3 aromatic rings. The number of amides is 1. The Bertz CT molecular complexity index is 1190. The summed E-state index contributed by atoms with van der Waals surface area (Å²) >= 11 is 0. The first-order valence-electron chi connectivity index (χ1n) is 9.30. The monoisotopic (exact) mass is 438 g/mol. The van der Waals surface area contributed by atoms with Crippen molar-refractivity contribution in [2.45, 2.75) is 4.90 Å². The summed E-state index contributed by atoms with van der Waals surface area (Å²) in [6, 6.07) is 20.4. The van der Waals surface area contributed by atoms with Gasteiger partial charge in [-0.2, -0.15) is 10.2 Å². The van der Waals surface area contributed by atoms with Crippen molar-refractivity contribution in [2.75, 3.05) is 26.5 Å². The number of benzene rings is 3. The molecule has 0 radical (unpaired) electrons. The number of hydrogen-bond donors (Lipinski definition) is 1. The second kappa shape index (κ2) is 9.50. The van der Waals surface area contributed by atoms with Crippen LogP contribution in [0.2, 0.25) is 0 Å². The number of hydrogen-bond acceptors (Lipinski definition) is 6. The van der Waals surface area contributed by atoms with Crippen molar-refractivity contribution in [3.8, 4) is 5.75 Å². The van der Waals surface area contributed by atoms with Crippen LogP contribution in [0, 0.1) is 0 Å². The molecular weight excluding hydrogens is 416 g/mol. The summed E-state index contributed by atoms with van der Waals surface area (Å²) < 4.78 is 31.3. The highest BCUT2D eigenvalue weighted by Crippen LogP contribution is 2.27. The number of ether oxygens (including phenoxy) is 1. The van der Waals surface area contributed by atoms with Crippen LogP contribution < -0.4 is 10.1 Å². The highest BCUT2D eigenvalue weighted by Gasteiger charge is 2.24. The number of anilines is 1. The molecule has 31 heavy (non-hydrogen) atoms. The van der Waals surface area contributed by atoms with Gasteiger partial charge in [0.15, 0.2) is 0 Å². The van der Waals surface area contributed by atoms with E-state index in [1.165, 1.54) is 39.4 Å². The first-order valence-corrected chi connectivity index (χ1v) is 10.7. The molecule has 0 atom stereocenters. The van der Waals surface area contributed by atoms with Crippen molar-refractivity contribution < 1.29 is 17.9 Å². The molecule has 0 aliphatic carbocycles. The zero-order chi connectivity index (χ0) is 22.4. The molecule has 0 aliphatic rings. The number of azo groups is 1. The quantitative estimate of drug-likeness (QED) is 0.544. The molecule has 1 amide bonds. The van der Waals surface area contributed by atoms with E-state index in [0.717, 1.165) is 9.99 Å². The molecule has 0 bridgehead atoms. The predicted molar refractivity (Wildman–Crippen MR) is 119 cm³/mol. The second-order valence-electron chi connectivity index (χ2n) is 6.69. The largest absolute Gasteiger partial charge is 0.495 e. The van der Waals surface area contributed by atoms with E-state index >= 15 is 0 Å². The second-order valence-corrected chi connectivity index (χ2v) is 8.81. The smallest absolute Gasteiger partial charge is 0.255 e. The third-order valence-corrected chi connectivity index (χ3v) is 6.18. The summed E-state index contributed by atoms with van der Waals surface area (Å²) in [4.78, 5) is 12.6. The Morgan fingerprint density at radius 1 is 0.903 bits per heavy atom. The van der Waals surface area contributed by atoms with E-state index in [0.29, 0.717) is 11.4 Å². The highest BCUT2D eigenvalue weighted by atomic mass is 32.2. The Kier molecular flexibility index (Phi) is 6.78. The van der Waals surface area contributed by atoms with Gasteiger partial charge in [0.25, 0.3) is 5.91 Å². The van der Waals surface area contributed by atoms with E-state index < -0.39 is 15.9 Å². The minimum Gasteiger partial charge on any atom is -0.495 e. The van der Waals surface area contributed by atoms with Crippen molar-refractivity contribution >= 4 is 33.0 Å². The molecule has 8 nitrogen and oxygen atoms in total. The molecule has 0 fully saturated rings. The van der Waals surface area contributed by atoms with Crippen molar-refractivity contribution in [3.05, 3.63) is 78.4 Å². The van der Waals surface area contributed by atoms with Gasteiger partial charge in [0.1, 0.15) is 10.6 Å². The van der Waals surface area contributed by atoms with Crippen molar-refractivity contribution in [2.24, 2.45) is 10.2 Å². The Morgan fingerprint density at radius 2 is 1.52 bits per heavy atom. The molecule has 0 aromatic heterocycles. The van der Waals surface area contributed by atoms with Crippen LogP contribution in [0.3, 0.4) is 0 Å². The lowest BCUT2D eigenvalue weighted by atomic mass is 10.2. The highest BCUT2D eigenvalue weighted by molar-refractivity contribution is 7.89. The fraction of sp³-hybridized carbons (Fsp3) is 0.136. The lowest BCUT2D eigenvalue weighted by molar-refractivity contribution is 0.102. The van der Waals surface area contributed by atoms with Gasteiger partial charge in [-0.1, -0.05) is 18.2 Å². The predicted octanol–water partition coefficient (Wildman–Crippen LogP) is 4.61. The van der Waals surface area contributed by atoms with Gasteiger partial charge in [-0.3, -0.25) is 4.79 Å². The fourth-order valence-corrected chi connectivity index (χ4v) is 3.72. The average molecular weight is 439 g/mol. The Hall–Kier alpha value is -3.56. The normalized spacial score (nSPS) is 11.6. The van der Waals surface area contributed by atoms with Gasteiger partial charge < -0.3 is 10.1 Å². The van der Waals surface area contributed by atoms with Gasteiger partial charge in [0.2, 0.25) is 10.0 Å². The number of carbonyl (C=O) groups is 1. The zero-order valence-electron chi connectivity index (χ0n) is 17.3. The number of nitrogens with one attached hydrogen (secondary N) is 1. The number of methoxy groups -OCH3 is 1. The van der Waals surface area contributed by atoms with E-state index in [2.05, 4.69) is 15.5 Å². The third kappa shape index (κ3) is 5.33. The summed E-state index contributed by atoms with van der Waals surface area (Å²) in [6.07, 6.45) is 0. The summed E-state index contributed by atoms with van der Waals surface area (Å²) in [5, 5.41) is 11.0. The minimum absolute atomic E-state index is 0.0793. The third-order valence-electron chi connectivity index (χ3n) is 4.35. The summed E-state index contributed by atoms with van der Waals surface area (Å²) in [5.41, 5.74) is 2.10. The molecule has 0 aliphatic heterocycles. The number of rotatable bonds is 7. The summed E-state index contributed by atoms with van der Waals surface area (Å²) in [7, 11) is 0.427. The first-order chi connectivity index (χ1) is 14.8. The molecule has 1 N–H and O–H groups in total. The van der Waals surface area contributed by atoms with Crippen LogP contribution in [-0.2, 0) is 10.0 Å². The van der Waals surface area contributed by atoms with Gasteiger partial charge in [-0.25, -0.2) is 12.7 Å². The van der Waals surface area contributed by atoms with E-state index in [1.54, 1.807) is 24.3 Å². The maximum absolute atomic E-state index is 12.7. The molecule has 9 heteroatoms. The lowest BCUT2D eigenvalue weighted by Crippen LogP contribution is -2.23. The summed E-state index contributed by atoms with van der Waals surface area (Å²) in [6.45, 7) is 0. The molecular formula is C22H22N4O4S. The van der Waals surface area contributed by atoms with Crippen LogP contribution in [0.5, 0.6) is 5.75 Å². The van der Waals surface area contributed by atoms with E-state index in [-0.39, 0.29) is 16.2 Å². The molecule has 160 valence electrons. The Balaban J connectivity index is 1.76. The van der Waals surface area contributed by atoms with Crippen molar-refractivity contribution in [3.63, 3.8) is 0 Å². The zero-order valence-corrected chi connectivity index (χ0v) is 18.1. The standard InChI is InChI=1S/C22H22N4O4S/c1-26(2)31(28,29)21-15-16(9-14-20(21)30-3)22(27)23-17-10-12-19(13-11-17)25-24-18-7-5-4-6-8-18/h4-15H,1-3H3,(H,23,27). The van der Waals surface area contributed by atoms with Gasteiger partial charge >= 0.3 is 0 Å². The minimum atomic E-state index is -3.78.